The molecule has 2 rings (SSSR count). The zero-order chi connectivity index (χ0) is 14.9. The number of nitrogens with zero attached hydrogens (tertiary/aromatic N) is 2. The first-order valence-corrected chi connectivity index (χ1v) is 6.73. The summed E-state index contributed by atoms with van der Waals surface area (Å²) in [7, 11) is 0. The first kappa shape index (κ1) is 14.6. The van der Waals surface area contributed by atoms with Gasteiger partial charge in [-0.1, -0.05) is 18.5 Å². The number of non-ortho nitro benzene ring substituents is 1. The van der Waals surface area contributed by atoms with Gasteiger partial charge in [-0.25, -0.2) is 4.79 Å². The second-order valence-electron chi connectivity index (χ2n) is 4.99. The Bertz CT molecular complexity index is 549. The van der Waals surface area contributed by atoms with Gasteiger partial charge in [-0.15, -0.1) is 0 Å². The van der Waals surface area contributed by atoms with Gasteiger partial charge in [-0.05, 0) is 24.8 Å². The van der Waals surface area contributed by atoms with Gasteiger partial charge >= 0.3 is 5.97 Å². The van der Waals surface area contributed by atoms with Crippen LogP contribution in [0, 0.1) is 16.0 Å². The molecule has 1 aliphatic rings. The number of carbonyl (C=O) groups is 1. The van der Waals surface area contributed by atoms with Crippen LogP contribution in [0.5, 0.6) is 0 Å². The first-order valence-electron chi connectivity index (χ1n) is 6.35. The van der Waals surface area contributed by atoms with E-state index in [-0.39, 0.29) is 16.6 Å². The molecule has 2 unspecified atom stereocenters. The molecule has 0 saturated carbocycles. The minimum Gasteiger partial charge on any atom is -0.480 e. The molecule has 0 bridgehead atoms. The van der Waals surface area contributed by atoms with Gasteiger partial charge in [-0.2, -0.15) is 0 Å². The zero-order valence-corrected chi connectivity index (χ0v) is 11.7. The second-order valence-corrected chi connectivity index (χ2v) is 5.40. The van der Waals surface area contributed by atoms with Crippen molar-refractivity contribution in [3.8, 4) is 0 Å². The maximum Gasteiger partial charge on any atom is 0.326 e. The number of aliphatic carboxylic acids is 1. The number of anilines is 1. The number of carboxylic acid groups (broad SMARTS) is 1. The van der Waals surface area contributed by atoms with Crippen molar-refractivity contribution in [1.82, 2.24) is 0 Å². The zero-order valence-electron chi connectivity index (χ0n) is 11.0. The molecule has 0 aliphatic carbocycles. The van der Waals surface area contributed by atoms with Gasteiger partial charge in [0.2, 0.25) is 0 Å². The van der Waals surface area contributed by atoms with Crippen molar-refractivity contribution in [1.29, 1.82) is 0 Å². The summed E-state index contributed by atoms with van der Waals surface area (Å²) in [6.45, 7) is 2.48. The Hall–Kier alpha value is -1.82. The Labute approximate surface area is 121 Å². The lowest BCUT2D eigenvalue weighted by Crippen LogP contribution is -2.49. The standard InChI is InChI=1S/C13H15ClN2O4/c1-8-3-2-6-15(12(8)13(17)18)11-5-4-9(16(19)20)7-10(11)14/h4-5,7-8,12H,2-3,6H2,1H3,(H,17,18). The van der Waals surface area contributed by atoms with Gasteiger partial charge in [0.1, 0.15) is 6.04 Å². The van der Waals surface area contributed by atoms with E-state index >= 15 is 0 Å². The summed E-state index contributed by atoms with van der Waals surface area (Å²) >= 11 is 6.09. The summed E-state index contributed by atoms with van der Waals surface area (Å²) in [6, 6.07) is 3.48. The van der Waals surface area contributed by atoms with Crippen molar-refractivity contribution in [3.63, 3.8) is 0 Å². The third-order valence-electron chi connectivity index (χ3n) is 3.64. The number of benzene rings is 1. The Morgan fingerprint density at radius 3 is 2.80 bits per heavy atom. The highest BCUT2D eigenvalue weighted by atomic mass is 35.5. The van der Waals surface area contributed by atoms with E-state index in [2.05, 4.69) is 0 Å². The molecule has 1 N–H and O–H groups in total. The Balaban J connectivity index is 2.38. The molecule has 1 aromatic rings. The average molecular weight is 299 g/mol. The third kappa shape index (κ3) is 2.70. The topological polar surface area (TPSA) is 83.7 Å². The summed E-state index contributed by atoms with van der Waals surface area (Å²) in [4.78, 5) is 23.3. The third-order valence-corrected chi connectivity index (χ3v) is 3.94. The fourth-order valence-corrected chi connectivity index (χ4v) is 2.96. The molecular formula is C13H15ClN2O4. The van der Waals surface area contributed by atoms with Crippen molar-refractivity contribution in [2.75, 3.05) is 11.4 Å². The molecule has 0 radical (unpaired) electrons. The van der Waals surface area contributed by atoms with Crippen molar-refractivity contribution >= 4 is 28.9 Å². The Morgan fingerprint density at radius 2 is 2.25 bits per heavy atom. The van der Waals surface area contributed by atoms with Crippen LogP contribution in [0.25, 0.3) is 0 Å². The van der Waals surface area contributed by atoms with Gasteiger partial charge in [0.05, 0.1) is 15.6 Å². The number of piperidine rings is 1. The molecular weight excluding hydrogens is 284 g/mol. The quantitative estimate of drug-likeness (QED) is 0.685. The highest BCUT2D eigenvalue weighted by Gasteiger charge is 2.35. The fraction of sp³-hybridized carbons (Fsp3) is 0.462. The molecule has 1 fully saturated rings. The molecule has 0 spiro atoms. The molecule has 1 saturated heterocycles. The molecule has 7 heteroatoms. The maximum atomic E-state index is 11.4. The predicted molar refractivity (Wildman–Crippen MR) is 75.3 cm³/mol. The van der Waals surface area contributed by atoms with Crippen LogP contribution in [0.2, 0.25) is 5.02 Å². The van der Waals surface area contributed by atoms with Gasteiger partial charge in [0.15, 0.2) is 0 Å². The molecule has 1 heterocycles. The maximum absolute atomic E-state index is 11.4. The summed E-state index contributed by atoms with van der Waals surface area (Å²) in [6.07, 6.45) is 1.72. The van der Waals surface area contributed by atoms with Gasteiger partial charge in [0, 0.05) is 18.7 Å². The van der Waals surface area contributed by atoms with E-state index in [4.69, 9.17) is 11.6 Å². The Morgan fingerprint density at radius 1 is 1.55 bits per heavy atom. The molecule has 0 amide bonds. The number of nitro benzene ring substituents is 1. The largest absolute Gasteiger partial charge is 0.480 e. The lowest BCUT2D eigenvalue weighted by molar-refractivity contribution is -0.384. The van der Waals surface area contributed by atoms with Crippen molar-refractivity contribution in [3.05, 3.63) is 33.3 Å². The van der Waals surface area contributed by atoms with Gasteiger partial charge in [-0.3, -0.25) is 10.1 Å². The minimum atomic E-state index is -0.897. The van der Waals surface area contributed by atoms with Gasteiger partial charge in [0.25, 0.3) is 5.69 Å². The monoisotopic (exact) mass is 298 g/mol. The number of halogens is 1. The lowest BCUT2D eigenvalue weighted by atomic mass is 9.90. The molecule has 108 valence electrons. The van der Waals surface area contributed by atoms with E-state index in [1.54, 1.807) is 4.90 Å². The first-order chi connectivity index (χ1) is 9.41. The highest BCUT2D eigenvalue weighted by Crippen LogP contribution is 2.35. The van der Waals surface area contributed by atoms with Crippen LogP contribution in [0.4, 0.5) is 11.4 Å². The lowest BCUT2D eigenvalue weighted by Gasteiger charge is -2.39. The molecule has 2 atom stereocenters. The van der Waals surface area contributed by atoms with E-state index in [1.165, 1.54) is 18.2 Å². The normalized spacial score (nSPS) is 22.6. The van der Waals surface area contributed by atoms with Crippen LogP contribution in [0.1, 0.15) is 19.8 Å². The van der Waals surface area contributed by atoms with Crippen LogP contribution in [0.15, 0.2) is 18.2 Å². The molecule has 1 aliphatic heterocycles. The molecule has 0 aromatic heterocycles. The number of hydrogen-bond donors (Lipinski definition) is 1. The smallest absolute Gasteiger partial charge is 0.326 e. The number of hydrogen-bond acceptors (Lipinski definition) is 4. The summed E-state index contributed by atoms with van der Waals surface area (Å²) in [5.41, 5.74) is 0.437. The van der Waals surface area contributed by atoms with Crippen LogP contribution in [-0.4, -0.2) is 28.6 Å². The number of rotatable bonds is 3. The number of nitro groups is 1. The van der Waals surface area contributed by atoms with Crippen molar-refractivity contribution in [2.24, 2.45) is 5.92 Å². The Kier molecular flexibility index (Phi) is 4.13. The van der Waals surface area contributed by atoms with Crippen LogP contribution < -0.4 is 4.90 Å². The SMILES string of the molecule is CC1CCCN(c2ccc([N+](=O)[O-])cc2Cl)C1C(=O)O. The van der Waals surface area contributed by atoms with E-state index in [9.17, 15) is 20.0 Å². The van der Waals surface area contributed by atoms with Gasteiger partial charge < -0.3 is 10.0 Å². The second kappa shape index (κ2) is 5.66. The molecule has 6 nitrogen and oxygen atoms in total. The van der Waals surface area contributed by atoms with Crippen LogP contribution in [-0.2, 0) is 4.79 Å². The molecule has 1 aromatic carbocycles. The van der Waals surface area contributed by atoms with E-state index in [0.29, 0.717) is 12.2 Å². The van der Waals surface area contributed by atoms with E-state index in [1.807, 2.05) is 6.92 Å². The van der Waals surface area contributed by atoms with Crippen LogP contribution in [0.3, 0.4) is 0 Å². The fourth-order valence-electron chi connectivity index (χ4n) is 2.68. The van der Waals surface area contributed by atoms with E-state index in [0.717, 1.165) is 12.8 Å². The highest BCUT2D eigenvalue weighted by molar-refractivity contribution is 6.33. The van der Waals surface area contributed by atoms with Crippen molar-refractivity contribution in [2.45, 2.75) is 25.8 Å². The average Bonchev–Trinajstić information content (AvgIpc) is 2.37. The van der Waals surface area contributed by atoms with Crippen LogP contribution >= 0.6 is 11.6 Å². The molecule has 20 heavy (non-hydrogen) atoms. The summed E-state index contributed by atoms with van der Waals surface area (Å²) in [5, 5.41) is 20.3. The predicted octanol–water partition coefficient (Wildman–Crippen LogP) is 2.94. The van der Waals surface area contributed by atoms with E-state index < -0.39 is 16.9 Å². The number of carboxylic acids is 1. The minimum absolute atomic E-state index is 0.00695. The summed E-state index contributed by atoms with van der Waals surface area (Å²) < 4.78 is 0. The summed E-state index contributed by atoms with van der Waals surface area (Å²) in [5.74, 6) is -0.890. The van der Waals surface area contributed by atoms with Crippen molar-refractivity contribution < 1.29 is 14.8 Å².